The Morgan fingerprint density at radius 1 is 1.40 bits per heavy atom. The molecule has 5 heteroatoms. The Bertz CT molecular complexity index is 732. The summed E-state index contributed by atoms with van der Waals surface area (Å²) >= 11 is 0. The average molecular weight is 341 g/mol. The van der Waals surface area contributed by atoms with E-state index in [0.717, 1.165) is 29.6 Å². The predicted molar refractivity (Wildman–Crippen MR) is 99.3 cm³/mol. The fraction of sp³-hybridized carbons (Fsp3) is 0.500. The van der Waals surface area contributed by atoms with Crippen LogP contribution < -0.4 is 0 Å². The summed E-state index contributed by atoms with van der Waals surface area (Å²) in [5, 5.41) is 1.10. The van der Waals surface area contributed by atoms with E-state index >= 15 is 0 Å². The number of amides is 1. The molecule has 0 unspecified atom stereocenters. The van der Waals surface area contributed by atoms with Gasteiger partial charge in [-0.3, -0.25) is 14.7 Å². The van der Waals surface area contributed by atoms with Crippen molar-refractivity contribution in [1.82, 2.24) is 14.8 Å². The number of fused-ring (bicyclic) bond motifs is 1. The topological polar surface area (TPSA) is 45.7 Å². The second-order valence-electron chi connectivity index (χ2n) is 7.07. The lowest BCUT2D eigenvalue weighted by Gasteiger charge is -2.35. The van der Waals surface area contributed by atoms with E-state index in [4.69, 9.17) is 4.74 Å². The second kappa shape index (κ2) is 7.93. The number of pyridine rings is 1. The monoisotopic (exact) mass is 341 g/mol. The number of carbonyl (C=O) groups excluding carboxylic acids is 1. The van der Waals surface area contributed by atoms with Crippen LogP contribution in [0.4, 0.5) is 0 Å². The highest BCUT2D eigenvalue weighted by Crippen LogP contribution is 2.16. The number of carbonyl (C=O) groups is 1. The zero-order valence-electron chi connectivity index (χ0n) is 15.3. The molecular formula is C20H27N3O2. The molecule has 25 heavy (non-hydrogen) atoms. The highest BCUT2D eigenvalue weighted by Gasteiger charge is 2.25. The third-order valence-electron chi connectivity index (χ3n) is 4.80. The molecule has 1 aliphatic heterocycles. The molecule has 1 fully saturated rings. The lowest BCUT2D eigenvalue weighted by Crippen LogP contribution is -2.47. The highest BCUT2D eigenvalue weighted by atomic mass is 16.5. The van der Waals surface area contributed by atoms with E-state index in [-0.39, 0.29) is 12.0 Å². The number of morpholine rings is 1. The summed E-state index contributed by atoms with van der Waals surface area (Å²) in [5.74, 6) is 0.115. The van der Waals surface area contributed by atoms with Crippen molar-refractivity contribution in [2.24, 2.45) is 0 Å². The first-order valence-corrected chi connectivity index (χ1v) is 8.96. The summed E-state index contributed by atoms with van der Waals surface area (Å²) in [6.45, 7) is 7.41. The first kappa shape index (κ1) is 17.8. The summed E-state index contributed by atoms with van der Waals surface area (Å²) in [5.41, 5.74) is 2.02. The van der Waals surface area contributed by atoms with E-state index in [1.54, 1.807) is 4.90 Å². The Labute approximate surface area is 149 Å². The molecule has 0 saturated carbocycles. The maximum absolute atomic E-state index is 12.6. The van der Waals surface area contributed by atoms with Crippen LogP contribution in [0.1, 0.15) is 25.8 Å². The molecule has 2 heterocycles. The molecule has 1 aliphatic rings. The van der Waals surface area contributed by atoms with Gasteiger partial charge in [-0.25, -0.2) is 0 Å². The third-order valence-corrected chi connectivity index (χ3v) is 4.80. The van der Waals surface area contributed by atoms with Gasteiger partial charge in [0, 0.05) is 44.3 Å². The van der Waals surface area contributed by atoms with Crippen molar-refractivity contribution in [3.8, 4) is 0 Å². The Morgan fingerprint density at radius 2 is 2.20 bits per heavy atom. The van der Waals surface area contributed by atoms with Crippen molar-refractivity contribution in [3.63, 3.8) is 0 Å². The van der Waals surface area contributed by atoms with Crippen LogP contribution in [-0.4, -0.2) is 59.6 Å². The van der Waals surface area contributed by atoms with Gasteiger partial charge in [-0.05, 0) is 31.5 Å². The molecule has 0 N–H and O–H groups in total. The van der Waals surface area contributed by atoms with Crippen molar-refractivity contribution >= 4 is 16.8 Å². The van der Waals surface area contributed by atoms with Gasteiger partial charge in [-0.2, -0.15) is 0 Å². The van der Waals surface area contributed by atoms with E-state index in [9.17, 15) is 4.79 Å². The fourth-order valence-electron chi connectivity index (χ4n) is 3.25. The largest absolute Gasteiger partial charge is 0.375 e. The normalized spacial score (nSPS) is 18.6. The van der Waals surface area contributed by atoms with Gasteiger partial charge in [-0.15, -0.1) is 0 Å². The maximum atomic E-state index is 12.6. The SMILES string of the molecule is CC(C)N1CCO[C@@H](CC(=O)N(C)Cc2cnc3ccccc3c2)C1. The van der Waals surface area contributed by atoms with E-state index in [1.165, 1.54) is 0 Å². The van der Waals surface area contributed by atoms with Crippen molar-refractivity contribution < 1.29 is 9.53 Å². The summed E-state index contributed by atoms with van der Waals surface area (Å²) in [6, 6.07) is 10.6. The standard InChI is InChI=1S/C20H27N3O2/c1-15(2)23-8-9-25-18(14-23)11-20(24)22(3)13-16-10-17-6-4-5-7-19(17)21-12-16/h4-7,10,12,15,18H,8-9,11,13-14H2,1-3H3/t18-/m0/s1. The minimum absolute atomic E-state index is 0.0131. The third kappa shape index (κ3) is 4.55. The highest BCUT2D eigenvalue weighted by molar-refractivity contribution is 5.79. The number of ether oxygens (including phenoxy) is 1. The number of para-hydroxylation sites is 1. The predicted octanol–water partition coefficient (Wildman–Crippen LogP) is 2.69. The first-order valence-electron chi connectivity index (χ1n) is 8.96. The van der Waals surface area contributed by atoms with Gasteiger partial charge in [0.2, 0.25) is 5.91 Å². The minimum atomic E-state index is -0.0131. The second-order valence-corrected chi connectivity index (χ2v) is 7.07. The molecule has 0 bridgehead atoms. The summed E-state index contributed by atoms with van der Waals surface area (Å²) in [7, 11) is 1.85. The zero-order chi connectivity index (χ0) is 17.8. The Balaban J connectivity index is 1.58. The van der Waals surface area contributed by atoms with Gasteiger partial charge >= 0.3 is 0 Å². The summed E-state index contributed by atoms with van der Waals surface area (Å²) in [4.78, 5) is 21.2. The molecule has 3 rings (SSSR count). The van der Waals surface area contributed by atoms with E-state index in [1.807, 2.05) is 37.5 Å². The van der Waals surface area contributed by atoms with Crippen molar-refractivity contribution in [1.29, 1.82) is 0 Å². The molecule has 1 amide bonds. The van der Waals surface area contributed by atoms with Crippen LogP contribution in [0.2, 0.25) is 0 Å². The van der Waals surface area contributed by atoms with Gasteiger partial charge in [0.25, 0.3) is 0 Å². The number of hydrogen-bond donors (Lipinski definition) is 0. The number of nitrogens with zero attached hydrogens (tertiary/aromatic N) is 3. The van der Waals surface area contributed by atoms with Crippen molar-refractivity contribution in [2.45, 2.75) is 39.0 Å². The molecule has 1 aromatic heterocycles. The molecule has 0 aliphatic carbocycles. The molecule has 1 atom stereocenters. The smallest absolute Gasteiger partial charge is 0.225 e. The Kier molecular flexibility index (Phi) is 5.66. The Hall–Kier alpha value is -1.98. The van der Waals surface area contributed by atoms with Crippen LogP contribution in [0.25, 0.3) is 10.9 Å². The van der Waals surface area contributed by atoms with Crippen LogP contribution in [-0.2, 0) is 16.1 Å². The van der Waals surface area contributed by atoms with E-state index in [2.05, 4.69) is 29.8 Å². The number of rotatable bonds is 5. The Morgan fingerprint density at radius 3 is 3.00 bits per heavy atom. The van der Waals surface area contributed by atoms with Crippen LogP contribution in [0, 0.1) is 0 Å². The molecule has 0 radical (unpaired) electrons. The van der Waals surface area contributed by atoms with Crippen LogP contribution in [0.5, 0.6) is 0 Å². The molecule has 1 saturated heterocycles. The van der Waals surface area contributed by atoms with E-state index in [0.29, 0.717) is 25.6 Å². The van der Waals surface area contributed by atoms with Gasteiger partial charge in [0.15, 0.2) is 0 Å². The first-order chi connectivity index (χ1) is 12.0. The lowest BCUT2D eigenvalue weighted by atomic mass is 10.1. The maximum Gasteiger partial charge on any atom is 0.225 e. The average Bonchev–Trinajstić information content (AvgIpc) is 2.61. The van der Waals surface area contributed by atoms with Gasteiger partial charge in [-0.1, -0.05) is 18.2 Å². The summed E-state index contributed by atoms with van der Waals surface area (Å²) < 4.78 is 5.79. The molecular weight excluding hydrogens is 314 g/mol. The number of aromatic nitrogens is 1. The van der Waals surface area contributed by atoms with Crippen LogP contribution in [0.3, 0.4) is 0 Å². The quantitative estimate of drug-likeness (QED) is 0.839. The molecule has 134 valence electrons. The number of benzene rings is 1. The van der Waals surface area contributed by atoms with Gasteiger partial charge in [0.05, 0.1) is 24.6 Å². The molecule has 0 spiro atoms. The zero-order valence-corrected chi connectivity index (χ0v) is 15.3. The number of hydrogen-bond acceptors (Lipinski definition) is 4. The van der Waals surface area contributed by atoms with Crippen LogP contribution >= 0.6 is 0 Å². The van der Waals surface area contributed by atoms with Gasteiger partial charge < -0.3 is 9.64 Å². The minimum Gasteiger partial charge on any atom is -0.375 e. The van der Waals surface area contributed by atoms with Crippen molar-refractivity contribution in [2.75, 3.05) is 26.7 Å². The van der Waals surface area contributed by atoms with Crippen molar-refractivity contribution in [3.05, 3.63) is 42.1 Å². The lowest BCUT2D eigenvalue weighted by molar-refractivity contribution is -0.135. The summed E-state index contributed by atoms with van der Waals surface area (Å²) in [6.07, 6.45) is 2.27. The van der Waals surface area contributed by atoms with E-state index < -0.39 is 0 Å². The fourth-order valence-corrected chi connectivity index (χ4v) is 3.25. The van der Waals surface area contributed by atoms with Crippen LogP contribution in [0.15, 0.2) is 36.5 Å². The molecule has 1 aromatic carbocycles. The molecule has 2 aromatic rings. The van der Waals surface area contributed by atoms with Gasteiger partial charge in [0.1, 0.15) is 0 Å². The molecule has 5 nitrogen and oxygen atoms in total.